The Morgan fingerprint density at radius 2 is 1.48 bits per heavy atom. The lowest BCUT2D eigenvalue weighted by atomic mass is 10.1. The molecule has 0 atom stereocenters. The molecule has 0 amide bonds. The monoisotopic (exact) mass is 306 g/mol. The molecule has 0 radical (unpaired) electrons. The van der Waals surface area contributed by atoms with Crippen LogP contribution in [0.4, 0.5) is 11.4 Å². The summed E-state index contributed by atoms with van der Waals surface area (Å²) in [5, 5.41) is 3.37. The summed E-state index contributed by atoms with van der Waals surface area (Å²) >= 11 is 0. The average Bonchev–Trinajstić information content (AvgIpc) is 2.62. The summed E-state index contributed by atoms with van der Waals surface area (Å²) in [5.41, 5.74) is 3.83. The van der Waals surface area contributed by atoms with Gasteiger partial charge in [-0.25, -0.2) is 0 Å². The lowest BCUT2D eigenvalue weighted by molar-refractivity contribution is 0.415. The van der Waals surface area contributed by atoms with E-state index in [-0.39, 0.29) is 0 Å². The van der Waals surface area contributed by atoms with Gasteiger partial charge in [0.2, 0.25) is 0 Å². The molecular weight excluding hydrogens is 288 g/mol. The van der Waals surface area contributed by atoms with Gasteiger partial charge in [-0.1, -0.05) is 18.2 Å². The smallest absolute Gasteiger partial charge is 0.120 e. The summed E-state index contributed by atoms with van der Waals surface area (Å²) in [6.45, 7) is 0. The van der Waals surface area contributed by atoms with Gasteiger partial charge < -0.3 is 14.8 Å². The SMILES string of the molecule is COc1cccc(Nc2ccnc(-c3cccc(OC)c3)c2)c1. The maximum Gasteiger partial charge on any atom is 0.120 e. The minimum Gasteiger partial charge on any atom is -0.497 e. The lowest BCUT2D eigenvalue weighted by Gasteiger charge is -2.10. The number of pyridine rings is 1. The van der Waals surface area contributed by atoms with E-state index in [1.165, 1.54) is 0 Å². The molecular formula is C19H18N2O2. The topological polar surface area (TPSA) is 43.4 Å². The predicted molar refractivity (Wildman–Crippen MR) is 92.5 cm³/mol. The highest BCUT2D eigenvalue weighted by Gasteiger charge is 2.03. The van der Waals surface area contributed by atoms with Gasteiger partial charge in [-0.05, 0) is 36.4 Å². The van der Waals surface area contributed by atoms with Crippen LogP contribution >= 0.6 is 0 Å². The van der Waals surface area contributed by atoms with E-state index in [1.54, 1.807) is 20.4 Å². The van der Waals surface area contributed by atoms with Crippen molar-refractivity contribution in [3.05, 3.63) is 66.9 Å². The summed E-state index contributed by atoms with van der Waals surface area (Å²) in [6, 6.07) is 19.6. The van der Waals surface area contributed by atoms with E-state index in [2.05, 4.69) is 10.3 Å². The summed E-state index contributed by atoms with van der Waals surface area (Å²) < 4.78 is 10.5. The van der Waals surface area contributed by atoms with Crippen LogP contribution in [0, 0.1) is 0 Å². The van der Waals surface area contributed by atoms with Crippen molar-refractivity contribution in [2.45, 2.75) is 0 Å². The van der Waals surface area contributed by atoms with Crippen molar-refractivity contribution in [3.63, 3.8) is 0 Å². The summed E-state index contributed by atoms with van der Waals surface area (Å²) in [5.74, 6) is 1.63. The third-order valence-corrected chi connectivity index (χ3v) is 3.48. The minimum absolute atomic E-state index is 0.815. The second-order valence-electron chi connectivity index (χ2n) is 5.02. The number of methoxy groups -OCH3 is 2. The number of benzene rings is 2. The molecule has 3 rings (SSSR count). The molecule has 2 aromatic carbocycles. The zero-order valence-electron chi connectivity index (χ0n) is 13.1. The van der Waals surface area contributed by atoms with Crippen molar-refractivity contribution in [1.82, 2.24) is 4.98 Å². The summed E-state index contributed by atoms with van der Waals surface area (Å²) in [7, 11) is 3.32. The molecule has 0 saturated heterocycles. The van der Waals surface area contributed by atoms with Crippen molar-refractivity contribution < 1.29 is 9.47 Å². The normalized spacial score (nSPS) is 10.2. The molecule has 4 heteroatoms. The van der Waals surface area contributed by atoms with Crippen LogP contribution < -0.4 is 14.8 Å². The quantitative estimate of drug-likeness (QED) is 0.753. The van der Waals surface area contributed by atoms with E-state index in [9.17, 15) is 0 Å². The van der Waals surface area contributed by atoms with Crippen LogP contribution in [0.1, 0.15) is 0 Å². The number of aromatic nitrogens is 1. The van der Waals surface area contributed by atoms with Crippen LogP contribution in [0.5, 0.6) is 11.5 Å². The fourth-order valence-electron chi connectivity index (χ4n) is 2.32. The molecule has 0 fully saturated rings. The van der Waals surface area contributed by atoms with Gasteiger partial charge in [0.15, 0.2) is 0 Å². The molecule has 0 spiro atoms. The molecule has 3 aromatic rings. The molecule has 1 aromatic heterocycles. The van der Waals surface area contributed by atoms with Crippen LogP contribution in [0.2, 0.25) is 0 Å². The van der Waals surface area contributed by atoms with Gasteiger partial charge in [0.05, 0.1) is 19.9 Å². The third kappa shape index (κ3) is 3.61. The van der Waals surface area contributed by atoms with E-state index in [0.717, 1.165) is 34.1 Å². The average molecular weight is 306 g/mol. The van der Waals surface area contributed by atoms with E-state index in [0.29, 0.717) is 0 Å². The molecule has 0 aliphatic heterocycles. The van der Waals surface area contributed by atoms with E-state index in [1.807, 2.05) is 60.7 Å². The van der Waals surface area contributed by atoms with Crippen LogP contribution in [0.3, 0.4) is 0 Å². The van der Waals surface area contributed by atoms with Gasteiger partial charge in [-0.15, -0.1) is 0 Å². The second-order valence-corrected chi connectivity index (χ2v) is 5.02. The van der Waals surface area contributed by atoms with E-state index < -0.39 is 0 Å². The molecule has 23 heavy (non-hydrogen) atoms. The highest BCUT2D eigenvalue weighted by Crippen LogP contribution is 2.26. The third-order valence-electron chi connectivity index (χ3n) is 3.48. The number of rotatable bonds is 5. The summed E-state index contributed by atoms with van der Waals surface area (Å²) in [6.07, 6.45) is 1.79. The maximum absolute atomic E-state index is 5.27. The fraction of sp³-hybridized carbons (Fsp3) is 0.105. The zero-order valence-corrected chi connectivity index (χ0v) is 13.1. The number of hydrogen-bond acceptors (Lipinski definition) is 4. The van der Waals surface area contributed by atoms with Crippen molar-refractivity contribution in [2.24, 2.45) is 0 Å². The van der Waals surface area contributed by atoms with Gasteiger partial charge in [-0.3, -0.25) is 4.98 Å². The Balaban J connectivity index is 1.87. The number of hydrogen-bond donors (Lipinski definition) is 1. The Bertz CT molecular complexity index is 803. The van der Waals surface area contributed by atoms with Gasteiger partial charge in [-0.2, -0.15) is 0 Å². The Hall–Kier alpha value is -3.01. The first-order valence-electron chi connectivity index (χ1n) is 7.30. The maximum atomic E-state index is 5.27. The largest absolute Gasteiger partial charge is 0.497 e. The Kier molecular flexibility index (Phi) is 4.43. The van der Waals surface area contributed by atoms with Gasteiger partial charge >= 0.3 is 0 Å². The fourth-order valence-corrected chi connectivity index (χ4v) is 2.32. The molecule has 0 aliphatic carbocycles. The van der Waals surface area contributed by atoms with Crippen molar-refractivity contribution >= 4 is 11.4 Å². The molecule has 0 aliphatic rings. The highest BCUT2D eigenvalue weighted by atomic mass is 16.5. The molecule has 0 saturated carbocycles. The van der Waals surface area contributed by atoms with Crippen molar-refractivity contribution in [1.29, 1.82) is 0 Å². The Morgan fingerprint density at radius 3 is 2.26 bits per heavy atom. The molecule has 116 valence electrons. The minimum atomic E-state index is 0.815. The Morgan fingerprint density at radius 1 is 0.783 bits per heavy atom. The Labute approximate surface area is 135 Å². The number of nitrogens with zero attached hydrogens (tertiary/aromatic N) is 1. The number of ether oxygens (including phenoxy) is 2. The van der Waals surface area contributed by atoms with Crippen molar-refractivity contribution in [3.8, 4) is 22.8 Å². The lowest BCUT2D eigenvalue weighted by Crippen LogP contribution is -1.93. The zero-order chi connectivity index (χ0) is 16.1. The summed E-state index contributed by atoms with van der Waals surface area (Å²) in [4.78, 5) is 4.44. The number of anilines is 2. The van der Waals surface area contributed by atoms with E-state index in [4.69, 9.17) is 9.47 Å². The first-order valence-corrected chi connectivity index (χ1v) is 7.30. The molecule has 0 unspecified atom stereocenters. The number of nitrogens with one attached hydrogen (secondary N) is 1. The standard InChI is InChI=1S/C19H18N2O2/c1-22-17-7-3-5-14(11-17)19-13-16(9-10-20-19)21-15-6-4-8-18(12-15)23-2/h3-13H,1-2H3,(H,20,21). The van der Waals surface area contributed by atoms with Crippen LogP contribution in [0.25, 0.3) is 11.3 Å². The predicted octanol–water partition coefficient (Wildman–Crippen LogP) is 4.51. The van der Waals surface area contributed by atoms with Gasteiger partial charge in [0, 0.05) is 29.2 Å². The van der Waals surface area contributed by atoms with E-state index >= 15 is 0 Å². The van der Waals surface area contributed by atoms with Crippen LogP contribution in [-0.4, -0.2) is 19.2 Å². The van der Waals surface area contributed by atoms with Gasteiger partial charge in [0.1, 0.15) is 11.5 Å². The molecule has 1 N–H and O–H groups in total. The first-order chi connectivity index (χ1) is 11.3. The molecule has 4 nitrogen and oxygen atoms in total. The van der Waals surface area contributed by atoms with Crippen LogP contribution in [-0.2, 0) is 0 Å². The molecule has 0 bridgehead atoms. The first kappa shape index (κ1) is 14.9. The highest BCUT2D eigenvalue weighted by molar-refractivity contribution is 5.69. The molecule has 1 heterocycles. The van der Waals surface area contributed by atoms with Crippen LogP contribution in [0.15, 0.2) is 66.9 Å². The van der Waals surface area contributed by atoms with Crippen molar-refractivity contribution in [2.75, 3.05) is 19.5 Å². The second kappa shape index (κ2) is 6.83. The van der Waals surface area contributed by atoms with Gasteiger partial charge in [0.25, 0.3) is 0 Å².